The van der Waals surface area contributed by atoms with E-state index in [1.54, 1.807) is 7.11 Å². The standard InChI is InChI=1S/C29H28BrClN2O2.H2S/c1-35-28-25(17-21-16-22(30)9-12-26(21)33-28)27(20-7-10-23(31)11-8-20)29(34)13-14-32-24(18-29)15-19-5-3-2-4-6-19;/h2-12,16-17,24,27,32,34H,13-15,18H2,1H3;1H2. The lowest BCUT2D eigenvalue weighted by atomic mass is 9.70. The van der Waals surface area contributed by atoms with Gasteiger partial charge in [-0.3, -0.25) is 0 Å². The maximum atomic E-state index is 12.3. The number of piperidine rings is 1. The molecule has 0 spiro atoms. The second kappa shape index (κ2) is 11.5. The summed E-state index contributed by atoms with van der Waals surface area (Å²) in [4.78, 5) is 4.82. The fourth-order valence-corrected chi connectivity index (χ4v) is 5.85. The second-order valence-electron chi connectivity index (χ2n) is 9.31. The van der Waals surface area contributed by atoms with Gasteiger partial charge in [-0.25, -0.2) is 4.98 Å². The number of hydrogen-bond donors (Lipinski definition) is 2. The molecule has 1 saturated heterocycles. The van der Waals surface area contributed by atoms with Crippen LogP contribution in [0.5, 0.6) is 5.88 Å². The minimum atomic E-state index is -0.993. The predicted molar refractivity (Wildman–Crippen MR) is 156 cm³/mol. The molecule has 1 aliphatic rings. The van der Waals surface area contributed by atoms with Crippen molar-refractivity contribution in [2.45, 2.75) is 36.8 Å². The van der Waals surface area contributed by atoms with Gasteiger partial charge < -0.3 is 15.2 Å². The van der Waals surface area contributed by atoms with Gasteiger partial charge in [0.25, 0.3) is 0 Å². The highest BCUT2D eigenvalue weighted by Crippen LogP contribution is 2.45. The first-order valence-corrected chi connectivity index (χ1v) is 13.0. The highest BCUT2D eigenvalue weighted by molar-refractivity contribution is 9.10. The molecule has 4 aromatic rings. The molecule has 3 atom stereocenters. The zero-order valence-electron chi connectivity index (χ0n) is 20.0. The summed E-state index contributed by atoms with van der Waals surface area (Å²) in [6.07, 6.45) is 2.08. The Balaban J connectivity index is 0.00000304. The normalized spacial score (nSPS) is 20.5. The Labute approximate surface area is 232 Å². The summed E-state index contributed by atoms with van der Waals surface area (Å²) in [5, 5.41) is 17.6. The van der Waals surface area contributed by atoms with E-state index < -0.39 is 5.60 Å². The number of methoxy groups -OCH3 is 1. The molecule has 7 heteroatoms. The summed E-state index contributed by atoms with van der Waals surface area (Å²) in [6.45, 7) is 0.729. The van der Waals surface area contributed by atoms with Gasteiger partial charge in [0, 0.05) is 32.4 Å². The minimum absolute atomic E-state index is 0. The zero-order valence-corrected chi connectivity index (χ0v) is 23.4. The largest absolute Gasteiger partial charge is 0.481 e. The van der Waals surface area contributed by atoms with E-state index in [0.717, 1.165) is 39.5 Å². The summed E-state index contributed by atoms with van der Waals surface area (Å²) >= 11 is 9.81. The van der Waals surface area contributed by atoms with Crippen LogP contribution < -0.4 is 10.1 Å². The maximum Gasteiger partial charge on any atom is 0.217 e. The average molecular weight is 586 g/mol. The van der Waals surface area contributed by atoms with E-state index in [1.807, 2.05) is 42.5 Å². The van der Waals surface area contributed by atoms with Gasteiger partial charge in [-0.1, -0.05) is 70.0 Å². The maximum absolute atomic E-state index is 12.3. The van der Waals surface area contributed by atoms with Crippen LogP contribution in [0.1, 0.15) is 35.4 Å². The van der Waals surface area contributed by atoms with Gasteiger partial charge in [-0.2, -0.15) is 13.5 Å². The summed E-state index contributed by atoms with van der Waals surface area (Å²) in [6, 6.07) is 26.5. The SMILES string of the molecule is COc1nc2ccc(Br)cc2cc1C(c1ccc(Cl)cc1)C1(O)CCNC(Cc2ccccc2)C1.S. The van der Waals surface area contributed by atoms with Crippen molar-refractivity contribution >= 4 is 51.9 Å². The molecule has 4 nitrogen and oxygen atoms in total. The first kappa shape index (κ1) is 27.0. The number of nitrogens with zero attached hydrogens (tertiary/aromatic N) is 1. The lowest BCUT2D eigenvalue weighted by Crippen LogP contribution is -2.52. The Bertz CT molecular complexity index is 1320. The number of fused-ring (bicyclic) bond motifs is 1. The molecule has 3 unspecified atom stereocenters. The Kier molecular flexibility index (Phi) is 8.63. The summed E-state index contributed by atoms with van der Waals surface area (Å²) in [5.74, 6) is 0.206. The molecule has 0 amide bonds. The molecule has 2 N–H and O–H groups in total. The van der Waals surface area contributed by atoms with Gasteiger partial charge in [0.15, 0.2) is 0 Å². The van der Waals surface area contributed by atoms with E-state index in [-0.39, 0.29) is 25.5 Å². The summed E-state index contributed by atoms with van der Waals surface area (Å²) in [5.41, 5.74) is 2.98. The van der Waals surface area contributed by atoms with Crippen molar-refractivity contribution in [1.29, 1.82) is 0 Å². The number of ether oxygens (including phenoxy) is 1. The Morgan fingerprint density at radius 3 is 2.58 bits per heavy atom. The van der Waals surface area contributed by atoms with Crippen molar-refractivity contribution in [1.82, 2.24) is 10.3 Å². The van der Waals surface area contributed by atoms with E-state index in [2.05, 4.69) is 57.6 Å². The van der Waals surface area contributed by atoms with Crippen molar-refractivity contribution in [3.63, 3.8) is 0 Å². The Hall–Kier alpha value is -2.09. The first-order chi connectivity index (χ1) is 16.9. The molecule has 0 radical (unpaired) electrons. The van der Waals surface area contributed by atoms with Gasteiger partial charge >= 0.3 is 0 Å². The fraction of sp³-hybridized carbons (Fsp3) is 0.276. The van der Waals surface area contributed by atoms with Gasteiger partial charge in [-0.05, 0) is 73.3 Å². The third-order valence-corrected chi connectivity index (χ3v) is 7.68. The Morgan fingerprint density at radius 1 is 1.11 bits per heavy atom. The molecule has 0 bridgehead atoms. The van der Waals surface area contributed by atoms with Crippen LogP contribution >= 0.6 is 41.0 Å². The van der Waals surface area contributed by atoms with Crippen LogP contribution in [0.3, 0.4) is 0 Å². The number of pyridine rings is 1. The molecular weight excluding hydrogens is 556 g/mol. The summed E-state index contributed by atoms with van der Waals surface area (Å²) in [7, 11) is 1.64. The minimum Gasteiger partial charge on any atom is -0.481 e. The van der Waals surface area contributed by atoms with Gasteiger partial charge in [0.1, 0.15) is 0 Å². The third kappa shape index (κ3) is 5.74. The highest BCUT2D eigenvalue weighted by atomic mass is 79.9. The van der Waals surface area contributed by atoms with Crippen LogP contribution in [0, 0.1) is 0 Å². The van der Waals surface area contributed by atoms with Crippen molar-refractivity contribution in [3.8, 4) is 5.88 Å². The van der Waals surface area contributed by atoms with E-state index in [0.29, 0.717) is 23.7 Å². The molecule has 1 aromatic heterocycles. The number of halogens is 2. The second-order valence-corrected chi connectivity index (χ2v) is 10.7. The topological polar surface area (TPSA) is 54.4 Å². The van der Waals surface area contributed by atoms with Crippen molar-refractivity contribution in [2.75, 3.05) is 13.7 Å². The van der Waals surface area contributed by atoms with Crippen LogP contribution in [0.2, 0.25) is 5.02 Å². The Morgan fingerprint density at radius 2 is 1.86 bits per heavy atom. The molecule has 1 aliphatic heterocycles. The smallest absolute Gasteiger partial charge is 0.217 e. The lowest BCUT2D eigenvalue weighted by Gasteiger charge is -2.43. The van der Waals surface area contributed by atoms with Gasteiger partial charge in [-0.15, -0.1) is 0 Å². The number of aromatic nitrogens is 1. The molecule has 0 saturated carbocycles. The molecule has 0 aliphatic carbocycles. The summed E-state index contributed by atoms with van der Waals surface area (Å²) < 4.78 is 6.77. The lowest BCUT2D eigenvalue weighted by molar-refractivity contribution is -0.0191. The molecule has 36 heavy (non-hydrogen) atoms. The molecule has 188 valence electrons. The number of aliphatic hydroxyl groups is 1. The molecule has 1 fully saturated rings. The number of rotatable bonds is 6. The first-order valence-electron chi connectivity index (χ1n) is 11.8. The number of hydrogen-bond acceptors (Lipinski definition) is 4. The van der Waals surface area contributed by atoms with Crippen LogP contribution in [0.25, 0.3) is 10.9 Å². The van der Waals surface area contributed by atoms with Crippen molar-refractivity contribution < 1.29 is 9.84 Å². The fourth-order valence-electron chi connectivity index (χ4n) is 5.35. The van der Waals surface area contributed by atoms with Crippen LogP contribution in [0.4, 0.5) is 0 Å². The van der Waals surface area contributed by atoms with Crippen LogP contribution in [-0.4, -0.2) is 35.4 Å². The van der Waals surface area contributed by atoms with E-state index in [4.69, 9.17) is 21.3 Å². The predicted octanol–water partition coefficient (Wildman–Crippen LogP) is 6.63. The van der Waals surface area contributed by atoms with Crippen molar-refractivity contribution in [3.05, 3.63) is 105 Å². The zero-order chi connectivity index (χ0) is 24.4. The molecule has 3 aromatic carbocycles. The number of nitrogens with one attached hydrogen (secondary N) is 1. The molecule has 5 rings (SSSR count). The van der Waals surface area contributed by atoms with Gasteiger partial charge in [0.05, 0.1) is 18.2 Å². The van der Waals surface area contributed by atoms with E-state index in [1.165, 1.54) is 5.56 Å². The molecule has 2 heterocycles. The number of benzene rings is 3. The monoisotopic (exact) mass is 584 g/mol. The quantitative estimate of drug-likeness (QED) is 0.267. The average Bonchev–Trinajstić information content (AvgIpc) is 2.85. The van der Waals surface area contributed by atoms with Crippen LogP contribution in [0.15, 0.2) is 83.3 Å². The van der Waals surface area contributed by atoms with Crippen LogP contribution in [-0.2, 0) is 6.42 Å². The highest BCUT2D eigenvalue weighted by Gasteiger charge is 2.44. The third-order valence-electron chi connectivity index (χ3n) is 6.93. The van der Waals surface area contributed by atoms with Crippen molar-refractivity contribution in [2.24, 2.45) is 0 Å². The van der Waals surface area contributed by atoms with E-state index >= 15 is 0 Å². The van der Waals surface area contributed by atoms with E-state index in [9.17, 15) is 5.11 Å². The van der Waals surface area contributed by atoms with Gasteiger partial charge in [0.2, 0.25) is 5.88 Å². The molecular formula is C29H30BrClN2O2S.